The molecule has 5 heteroatoms. The summed E-state index contributed by atoms with van der Waals surface area (Å²) in [6.45, 7) is 3.29. The van der Waals surface area contributed by atoms with Crippen molar-refractivity contribution >= 4 is 11.6 Å². The van der Waals surface area contributed by atoms with E-state index in [1.54, 1.807) is 0 Å². The van der Waals surface area contributed by atoms with E-state index in [9.17, 15) is 0 Å². The molecular weight excluding hydrogens is 424 g/mol. The summed E-state index contributed by atoms with van der Waals surface area (Å²) in [7, 11) is 0. The third-order valence-electron chi connectivity index (χ3n) is 5.57. The van der Waals surface area contributed by atoms with Crippen molar-refractivity contribution in [3.8, 4) is 0 Å². The molecule has 3 aromatic rings. The largest absolute Gasteiger partial charge is 0.368 e. The van der Waals surface area contributed by atoms with Crippen LogP contribution in [0.15, 0.2) is 91.0 Å². The molecule has 0 aromatic heterocycles. The van der Waals surface area contributed by atoms with E-state index in [-0.39, 0.29) is 18.3 Å². The molecule has 0 spiro atoms. The fourth-order valence-corrected chi connectivity index (χ4v) is 4.23. The first-order valence-electron chi connectivity index (χ1n) is 11.0. The molecule has 0 saturated carbocycles. The third kappa shape index (κ3) is 6.18. The lowest BCUT2D eigenvalue weighted by Crippen LogP contribution is -2.57. The molecule has 0 N–H and O–H groups in total. The lowest BCUT2D eigenvalue weighted by Gasteiger charge is -2.43. The number of benzene rings is 3. The Morgan fingerprint density at radius 2 is 0.969 bits per heavy atom. The first-order valence-corrected chi connectivity index (χ1v) is 11.4. The summed E-state index contributed by atoms with van der Waals surface area (Å²) in [6.07, 6.45) is -1.42. The quantitative estimate of drug-likeness (QED) is 0.389. The highest BCUT2D eigenvalue weighted by Crippen LogP contribution is 2.31. The number of alkyl halides is 1. The van der Waals surface area contributed by atoms with Crippen LogP contribution in [-0.4, -0.2) is 30.0 Å². The van der Waals surface area contributed by atoms with E-state index in [4.69, 9.17) is 30.5 Å². The molecule has 0 unspecified atom stereocenters. The van der Waals surface area contributed by atoms with Crippen LogP contribution in [0.1, 0.15) is 23.6 Å². The number of rotatable bonds is 9. The number of halogens is 1. The number of ether oxygens (including phenoxy) is 4. The molecule has 32 heavy (non-hydrogen) atoms. The van der Waals surface area contributed by atoms with Gasteiger partial charge in [0.05, 0.1) is 25.9 Å². The second-order valence-electron chi connectivity index (χ2n) is 7.98. The Kier molecular flexibility index (Phi) is 8.32. The minimum Gasteiger partial charge on any atom is -0.368 e. The van der Waals surface area contributed by atoms with Crippen molar-refractivity contribution in [1.29, 1.82) is 0 Å². The van der Waals surface area contributed by atoms with Crippen LogP contribution in [-0.2, 0) is 38.8 Å². The Morgan fingerprint density at radius 3 is 1.41 bits per heavy atom. The van der Waals surface area contributed by atoms with Crippen LogP contribution in [0.4, 0.5) is 0 Å². The lowest BCUT2D eigenvalue weighted by atomic mass is 9.99. The van der Waals surface area contributed by atoms with Gasteiger partial charge in [-0.2, -0.15) is 0 Å². The Balaban J connectivity index is 1.50. The molecule has 168 valence electrons. The maximum Gasteiger partial charge on any atom is 0.160 e. The van der Waals surface area contributed by atoms with Crippen LogP contribution in [0.2, 0.25) is 0 Å². The van der Waals surface area contributed by atoms with Crippen molar-refractivity contribution < 1.29 is 18.9 Å². The summed E-state index contributed by atoms with van der Waals surface area (Å²) in [6, 6.07) is 30.2. The number of hydrogen-bond donors (Lipinski definition) is 0. The molecule has 1 saturated heterocycles. The normalized spacial score (nSPS) is 25.5. The van der Waals surface area contributed by atoms with E-state index in [1.807, 2.05) is 97.9 Å². The Bertz CT molecular complexity index is 867. The van der Waals surface area contributed by atoms with Crippen LogP contribution in [0.3, 0.4) is 0 Å². The highest BCUT2D eigenvalue weighted by molar-refractivity contribution is 6.20. The first kappa shape index (κ1) is 23.0. The maximum absolute atomic E-state index is 6.62. The zero-order valence-corrected chi connectivity index (χ0v) is 18.9. The zero-order valence-electron chi connectivity index (χ0n) is 18.2. The van der Waals surface area contributed by atoms with E-state index in [2.05, 4.69) is 0 Å². The SMILES string of the molecule is C[C@H]1O[C@H](Cl)[C@H](OCc2ccccc2)[C@@H](OCc2ccccc2)[C@H]1OCc1ccccc1. The molecular formula is C27H29ClO4. The molecule has 0 aliphatic carbocycles. The lowest BCUT2D eigenvalue weighted by molar-refractivity contribution is -0.244. The van der Waals surface area contributed by atoms with Gasteiger partial charge in [0.1, 0.15) is 18.3 Å². The van der Waals surface area contributed by atoms with Crippen LogP contribution >= 0.6 is 11.6 Å². The fourth-order valence-electron chi connectivity index (χ4n) is 3.85. The second kappa shape index (κ2) is 11.6. The van der Waals surface area contributed by atoms with Crippen molar-refractivity contribution in [3.63, 3.8) is 0 Å². The molecule has 0 radical (unpaired) electrons. The van der Waals surface area contributed by atoms with Crippen molar-refractivity contribution in [2.75, 3.05) is 0 Å². The topological polar surface area (TPSA) is 36.9 Å². The van der Waals surface area contributed by atoms with Gasteiger partial charge in [-0.1, -0.05) is 103 Å². The Labute approximate surface area is 195 Å². The van der Waals surface area contributed by atoms with Crippen LogP contribution in [0.25, 0.3) is 0 Å². The molecule has 1 aliphatic rings. The highest BCUT2D eigenvalue weighted by Gasteiger charge is 2.46. The smallest absolute Gasteiger partial charge is 0.160 e. The van der Waals surface area contributed by atoms with Crippen LogP contribution in [0.5, 0.6) is 0 Å². The molecule has 3 aromatic carbocycles. The van der Waals surface area contributed by atoms with Gasteiger partial charge in [0.2, 0.25) is 0 Å². The summed E-state index contributed by atoms with van der Waals surface area (Å²) >= 11 is 6.62. The van der Waals surface area contributed by atoms with Gasteiger partial charge in [-0.3, -0.25) is 0 Å². The van der Waals surface area contributed by atoms with Gasteiger partial charge in [-0.25, -0.2) is 0 Å². The van der Waals surface area contributed by atoms with Crippen molar-refractivity contribution in [2.45, 2.75) is 56.7 Å². The van der Waals surface area contributed by atoms with E-state index >= 15 is 0 Å². The fraction of sp³-hybridized carbons (Fsp3) is 0.333. The van der Waals surface area contributed by atoms with Crippen molar-refractivity contribution in [1.82, 2.24) is 0 Å². The molecule has 1 heterocycles. The molecule has 5 atom stereocenters. The van der Waals surface area contributed by atoms with Gasteiger partial charge in [0, 0.05) is 0 Å². The summed E-state index contributed by atoms with van der Waals surface area (Å²) in [4.78, 5) is 0. The maximum atomic E-state index is 6.62. The van der Waals surface area contributed by atoms with Crippen LogP contribution in [0, 0.1) is 0 Å². The van der Waals surface area contributed by atoms with E-state index < -0.39 is 11.7 Å². The predicted molar refractivity (Wildman–Crippen MR) is 125 cm³/mol. The average Bonchev–Trinajstić information content (AvgIpc) is 2.83. The van der Waals surface area contributed by atoms with Crippen molar-refractivity contribution in [3.05, 3.63) is 108 Å². The van der Waals surface area contributed by atoms with Crippen LogP contribution < -0.4 is 0 Å². The summed E-state index contributed by atoms with van der Waals surface area (Å²) in [5.74, 6) is 0. The van der Waals surface area contributed by atoms with Gasteiger partial charge in [0.15, 0.2) is 5.56 Å². The van der Waals surface area contributed by atoms with E-state index in [1.165, 1.54) is 0 Å². The summed E-state index contributed by atoms with van der Waals surface area (Å²) < 4.78 is 25.0. The summed E-state index contributed by atoms with van der Waals surface area (Å²) in [5.41, 5.74) is 2.61. The minimum atomic E-state index is -0.633. The molecule has 4 nitrogen and oxygen atoms in total. The Hall–Kier alpha value is -2.21. The summed E-state index contributed by atoms with van der Waals surface area (Å²) in [5, 5.41) is 0. The standard InChI is InChI=1S/C27H29ClO4/c1-20-24(29-17-21-11-5-2-6-12-21)25(30-18-22-13-7-3-8-14-22)26(27(28)32-20)31-19-23-15-9-4-10-16-23/h2-16,20,24-27H,17-19H2,1H3/t20-,24+,25+,26-,27+/m1/s1. The molecule has 0 amide bonds. The van der Waals surface area contributed by atoms with Gasteiger partial charge in [0.25, 0.3) is 0 Å². The molecule has 1 aliphatic heterocycles. The van der Waals surface area contributed by atoms with Gasteiger partial charge in [-0.15, -0.1) is 0 Å². The Morgan fingerprint density at radius 1 is 0.594 bits per heavy atom. The minimum absolute atomic E-state index is 0.237. The van der Waals surface area contributed by atoms with Gasteiger partial charge in [-0.05, 0) is 23.6 Å². The zero-order chi connectivity index (χ0) is 22.2. The van der Waals surface area contributed by atoms with Gasteiger partial charge < -0.3 is 18.9 Å². The first-order chi connectivity index (χ1) is 15.7. The second-order valence-corrected chi connectivity index (χ2v) is 8.41. The average molecular weight is 453 g/mol. The van der Waals surface area contributed by atoms with E-state index in [0.717, 1.165) is 16.7 Å². The molecule has 4 rings (SSSR count). The third-order valence-corrected chi connectivity index (χ3v) is 5.92. The van der Waals surface area contributed by atoms with Gasteiger partial charge >= 0.3 is 0 Å². The predicted octanol–water partition coefficient (Wildman–Crippen LogP) is 5.73. The van der Waals surface area contributed by atoms with Crippen molar-refractivity contribution in [2.24, 2.45) is 0 Å². The number of hydrogen-bond acceptors (Lipinski definition) is 4. The van der Waals surface area contributed by atoms with E-state index in [0.29, 0.717) is 19.8 Å². The molecule has 0 bridgehead atoms. The highest BCUT2D eigenvalue weighted by atomic mass is 35.5. The monoisotopic (exact) mass is 452 g/mol. The molecule has 1 fully saturated rings.